The number of piperazine rings is 1. The van der Waals surface area contributed by atoms with E-state index in [4.69, 9.17) is 11.6 Å². The predicted molar refractivity (Wildman–Crippen MR) is 66.9 cm³/mol. The third-order valence-corrected chi connectivity index (χ3v) is 3.95. The van der Waals surface area contributed by atoms with Gasteiger partial charge < -0.3 is 0 Å². The quantitative estimate of drug-likeness (QED) is 0.745. The molecule has 92 valence electrons. The fourth-order valence-corrected chi connectivity index (χ4v) is 2.98. The number of hydrogen-bond acceptors (Lipinski definition) is 4. The van der Waals surface area contributed by atoms with Crippen LogP contribution in [-0.4, -0.2) is 52.0 Å². The molecule has 1 unspecified atom stereocenters. The summed E-state index contributed by atoms with van der Waals surface area (Å²) in [5.74, 6) is 0. The highest BCUT2D eigenvalue weighted by atomic mass is 35.5. The lowest BCUT2D eigenvalue weighted by molar-refractivity contribution is 0.0992. The Morgan fingerprint density at radius 3 is 2.88 bits per heavy atom. The second-order valence-electron chi connectivity index (χ2n) is 4.93. The first-order valence-corrected chi connectivity index (χ1v) is 6.62. The van der Waals surface area contributed by atoms with Gasteiger partial charge in [-0.2, -0.15) is 0 Å². The van der Waals surface area contributed by atoms with Gasteiger partial charge in [0.05, 0.1) is 0 Å². The maximum Gasteiger partial charge on any atom is 0.222 e. The first-order valence-electron chi connectivity index (χ1n) is 6.24. The summed E-state index contributed by atoms with van der Waals surface area (Å²) in [6, 6.07) is 0.775. The van der Waals surface area contributed by atoms with E-state index in [0.29, 0.717) is 5.28 Å². The van der Waals surface area contributed by atoms with E-state index in [1.165, 1.54) is 32.5 Å². The topological polar surface area (TPSA) is 32.3 Å². The molecule has 0 bridgehead atoms. The Hall–Kier alpha value is -0.710. The van der Waals surface area contributed by atoms with Crippen molar-refractivity contribution in [2.45, 2.75) is 25.4 Å². The average molecular weight is 253 g/mol. The molecule has 2 aliphatic heterocycles. The second kappa shape index (κ2) is 4.88. The Labute approximate surface area is 107 Å². The number of nitrogens with zero attached hydrogens (tertiary/aromatic N) is 4. The van der Waals surface area contributed by atoms with E-state index in [1.807, 2.05) is 12.4 Å². The highest BCUT2D eigenvalue weighted by Crippen LogP contribution is 2.22. The maximum atomic E-state index is 5.68. The molecule has 0 aromatic carbocycles. The molecule has 0 spiro atoms. The Balaban J connectivity index is 1.60. The zero-order chi connectivity index (χ0) is 11.7. The van der Waals surface area contributed by atoms with Crippen molar-refractivity contribution in [3.8, 4) is 0 Å². The molecule has 0 N–H and O–H groups in total. The van der Waals surface area contributed by atoms with Crippen LogP contribution in [-0.2, 0) is 6.54 Å². The number of aromatic nitrogens is 2. The van der Waals surface area contributed by atoms with E-state index < -0.39 is 0 Å². The van der Waals surface area contributed by atoms with Crippen LogP contribution in [0.5, 0.6) is 0 Å². The molecule has 17 heavy (non-hydrogen) atoms. The molecule has 5 heteroatoms. The minimum atomic E-state index is 0.328. The summed E-state index contributed by atoms with van der Waals surface area (Å²) < 4.78 is 0. The Kier molecular flexibility index (Phi) is 3.27. The van der Waals surface area contributed by atoms with Gasteiger partial charge in [0.25, 0.3) is 0 Å². The zero-order valence-electron chi connectivity index (χ0n) is 9.85. The summed E-state index contributed by atoms with van der Waals surface area (Å²) in [7, 11) is 0. The van der Waals surface area contributed by atoms with Gasteiger partial charge in [-0.25, -0.2) is 9.97 Å². The largest absolute Gasteiger partial charge is 0.298 e. The smallest absolute Gasteiger partial charge is 0.222 e. The van der Waals surface area contributed by atoms with Gasteiger partial charge in [-0.15, -0.1) is 0 Å². The van der Waals surface area contributed by atoms with Crippen molar-refractivity contribution in [1.29, 1.82) is 0 Å². The van der Waals surface area contributed by atoms with Gasteiger partial charge >= 0.3 is 0 Å². The molecule has 2 fully saturated rings. The van der Waals surface area contributed by atoms with E-state index in [9.17, 15) is 0 Å². The van der Waals surface area contributed by atoms with E-state index in [1.54, 1.807) is 0 Å². The first kappa shape index (κ1) is 11.4. The van der Waals surface area contributed by atoms with Gasteiger partial charge in [-0.1, -0.05) is 0 Å². The normalized spacial score (nSPS) is 26.1. The van der Waals surface area contributed by atoms with Gasteiger partial charge in [-0.3, -0.25) is 9.80 Å². The van der Waals surface area contributed by atoms with Gasteiger partial charge in [0.1, 0.15) is 0 Å². The van der Waals surface area contributed by atoms with Crippen molar-refractivity contribution < 1.29 is 0 Å². The van der Waals surface area contributed by atoms with Crippen LogP contribution in [0, 0.1) is 0 Å². The Morgan fingerprint density at radius 2 is 2.06 bits per heavy atom. The molecule has 1 aromatic heterocycles. The number of halogens is 1. The lowest BCUT2D eigenvalue weighted by atomic mass is 10.1. The Morgan fingerprint density at radius 1 is 1.24 bits per heavy atom. The van der Waals surface area contributed by atoms with E-state index >= 15 is 0 Å². The molecule has 0 saturated carbocycles. The molecule has 1 atom stereocenters. The lowest BCUT2D eigenvalue weighted by Crippen LogP contribution is -2.49. The lowest BCUT2D eigenvalue weighted by Gasteiger charge is -2.37. The second-order valence-corrected chi connectivity index (χ2v) is 5.27. The van der Waals surface area contributed by atoms with Crippen molar-refractivity contribution in [2.24, 2.45) is 0 Å². The van der Waals surface area contributed by atoms with Gasteiger partial charge in [0, 0.05) is 50.2 Å². The Bertz CT molecular complexity index is 381. The fourth-order valence-electron chi connectivity index (χ4n) is 2.88. The van der Waals surface area contributed by atoms with Crippen LogP contribution in [0.15, 0.2) is 12.4 Å². The highest BCUT2D eigenvalue weighted by Gasteiger charge is 2.30. The van der Waals surface area contributed by atoms with Crippen LogP contribution in [0.4, 0.5) is 0 Å². The minimum Gasteiger partial charge on any atom is -0.298 e. The molecular formula is C12H17ClN4. The fraction of sp³-hybridized carbons (Fsp3) is 0.667. The van der Waals surface area contributed by atoms with Gasteiger partial charge in [0.2, 0.25) is 5.28 Å². The molecule has 0 radical (unpaired) electrons. The maximum absolute atomic E-state index is 5.68. The van der Waals surface area contributed by atoms with Crippen molar-refractivity contribution in [3.63, 3.8) is 0 Å². The van der Waals surface area contributed by atoms with Gasteiger partial charge in [0.15, 0.2) is 0 Å². The van der Waals surface area contributed by atoms with E-state index in [2.05, 4.69) is 19.8 Å². The van der Waals surface area contributed by atoms with Crippen LogP contribution in [0.2, 0.25) is 5.28 Å². The van der Waals surface area contributed by atoms with Crippen LogP contribution < -0.4 is 0 Å². The molecule has 0 amide bonds. The molecule has 3 rings (SSSR count). The van der Waals surface area contributed by atoms with Crippen LogP contribution in [0.25, 0.3) is 0 Å². The third-order valence-electron chi connectivity index (χ3n) is 3.75. The monoisotopic (exact) mass is 252 g/mol. The third kappa shape index (κ3) is 2.59. The van der Waals surface area contributed by atoms with Crippen LogP contribution in [0.1, 0.15) is 18.4 Å². The average Bonchev–Trinajstić information content (AvgIpc) is 2.79. The van der Waals surface area contributed by atoms with Crippen molar-refractivity contribution in [1.82, 2.24) is 19.8 Å². The highest BCUT2D eigenvalue weighted by molar-refractivity contribution is 6.28. The molecule has 2 aliphatic rings. The SMILES string of the molecule is Clc1ncc(CN2CCN3CCCC3C2)cn1. The number of fused-ring (bicyclic) bond motifs is 1. The minimum absolute atomic E-state index is 0.328. The summed E-state index contributed by atoms with van der Waals surface area (Å²) in [6.07, 6.45) is 6.38. The molecule has 4 nitrogen and oxygen atoms in total. The standard InChI is InChI=1S/C12H17ClN4/c13-12-14-6-10(7-15-12)8-16-4-5-17-3-1-2-11(17)9-16/h6-7,11H,1-5,8-9H2. The molecule has 0 aliphatic carbocycles. The molecular weight excluding hydrogens is 236 g/mol. The number of hydrogen-bond donors (Lipinski definition) is 0. The summed E-state index contributed by atoms with van der Waals surface area (Å²) in [5.41, 5.74) is 1.15. The van der Waals surface area contributed by atoms with Crippen LogP contribution >= 0.6 is 11.6 Å². The summed E-state index contributed by atoms with van der Waals surface area (Å²) >= 11 is 5.68. The van der Waals surface area contributed by atoms with Gasteiger partial charge in [-0.05, 0) is 31.0 Å². The van der Waals surface area contributed by atoms with E-state index in [-0.39, 0.29) is 0 Å². The molecule has 2 saturated heterocycles. The number of rotatable bonds is 2. The van der Waals surface area contributed by atoms with Crippen molar-refractivity contribution in [2.75, 3.05) is 26.2 Å². The zero-order valence-corrected chi connectivity index (χ0v) is 10.6. The molecule has 1 aromatic rings. The summed E-state index contributed by atoms with van der Waals surface area (Å²) in [4.78, 5) is 13.2. The molecule has 3 heterocycles. The van der Waals surface area contributed by atoms with E-state index in [0.717, 1.165) is 24.7 Å². The van der Waals surface area contributed by atoms with Crippen molar-refractivity contribution >= 4 is 11.6 Å². The first-order chi connectivity index (χ1) is 8.31. The predicted octanol–water partition coefficient (Wildman–Crippen LogP) is 1.41. The van der Waals surface area contributed by atoms with Crippen LogP contribution in [0.3, 0.4) is 0 Å². The van der Waals surface area contributed by atoms with Crippen molar-refractivity contribution in [3.05, 3.63) is 23.2 Å². The summed E-state index contributed by atoms with van der Waals surface area (Å²) in [6.45, 7) is 5.78. The summed E-state index contributed by atoms with van der Waals surface area (Å²) in [5, 5.41) is 0.328.